The second kappa shape index (κ2) is 8.13. The Labute approximate surface area is 139 Å². The van der Waals surface area contributed by atoms with Crippen molar-refractivity contribution in [2.24, 2.45) is 0 Å². The lowest BCUT2D eigenvalue weighted by atomic mass is 10.2. The van der Waals surface area contributed by atoms with Crippen molar-refractivity contribution in [1.29, 1.82) is 0 Å². The van der Waals surface area contributed by atoms with Crippen LogP contribution in [-0.4, -0.2) is 31.5 Å². The van der Waals surface area contributed by atoms with Gasteiger partial charge in [0, 0.05) is 17.6 Å². The Hall–Kier alpha value is -1.62. The van der Waals surface area contributed by atoms with Gasteiger partial charge in [0.15, 0.2) is 0 Å². The quantitative estimate of drug-likeness (QED) is 0.802. The van der Waals surface area contributed by atoms with Crippen LogP contribution in [0.2, 0.25) is 10.0 Å². The van der Waals surface area contributed by atoms with Gasteiger partial charge in [-0.1, -0.05) is 35.3 Å². The van der Waals surface area contributed by atoms with Crippen LogP contribution in [0, 0.1) is 0 Å². The van der Waals surface area contributed by atoms with Crippen molar-refractivity contribution in [3.63, 3.8) is 0 Å². The van der Waals surface area contributed by atoms with Crippen molar-refractivity contribution in [3.8, 4) is 11.5 Å². The number of rotatable bonds is 7. The monoisotopic (exact) mass is 341 g/mol. The molecule has 0 amide bonds. The Morgan fingerprint density at radius 3 is 2.68 bits per heavy atom. The molecule has 0 aliphatic heterocycles. The molecule has 4 nitrogen and oxygen atoms in total. The van der Waals surface area contributed by atoms with E-state index in [1.165, 1.54) is 0 Å². The van der Waals surface area contributed by atoms with Crippen LogP contribution >= 0.6 is 23.2 Å². The molecule has 0 heterocycles. The molecule has 0 bridgehead atoms. The van der Waals surface area contributed by atoms with E-state index in [0.717, 1.165) is 5.69 Å². The third-order valence-corrected chi connectivity index (χ3v) is 3.51. The van der Waals surface area contributed by atoms with Gasteiger partial charge in [-0.25, -0.2) is 0 Å². The van der Waals surface area contributed by atoms with Gasteiger partial charge in [-0.2, -0.15) is 0 Å². The van der Waals surface area contributed by atoms with Crippen LogP contribution in [0.3, 0.4) is 0 Å². The fourth-order valence-corrected chi connectivity index (χ4v) is 2.19. The first-order chi connectivity index (χ1) is 10.6. The van der Waals surface area contributed by atoms with Crippen molar-refractivity contribution >= 4 is 28.9 Å². The molecule has 118 valence electrons. The molecule has 0 aliphatic rings. The Balaban J connectivity index is 1.85. The highest BCUT2D eigenvalue weighted by molar-refractivity contribution is 6.34. The first-order valence-electron chi connectivity index (χ1n) is 6.73. The number of halogens is 2. The number of anilines is 1. The summed E-state index contributed by atoms with van der Waals surface area (Å²) < 4.78 is 10.7. The highest BCUT2D eigenvalue weighted by Gasteiger charge is 2.09. The fourth-order valence-electron chi connectivity index (χ4n) is 1.85. The van der Waals surface area contributed by atoms with Crippen molar-refractivity contribution in [2.45, 2.75) is 6.10 Å². The van der Waals surface area contributed by atoms with Crippen LogP contribution in [-0.2, 0) is 0 Å². The third kappa shape index (κ3) is 4.70. The molecule has 2 aromatic carbocycles. The summed E-state index contributed by atoms with van der Waals surface area (Å²) in [5.41, 5.74) is 0.810. The minimum atomic E-state index is -0.708. The van der Waals surface area contributed by atoms with Gasteiger partial charge in [0.1, 0.15) is 24.2 Å². The van der Waals surface area contributed by atoms with Gasteiger partial charge in [0.25, 0.3) is 0 Å². The molecule has 2 rings (SSSR count). The van der Waals surface area contributed by atoms with Crippen molar-refractivity contribution in [1.82, 2.24) is 0 Å². The number of benzene rings is 2. The summed E-state index contributed by atoms with van der Waals surface area (Å²) >= 11 is 11.9. The number of nitrogens with one attached hydrogen (secondary N) is 1. The second-order valence-corrected chi connectivity index (χ2v) is 5.46. The Kier molecular flexibility index (Phi) is 6.19. The van der Waals surface area contributed by atoms with Crippen LogP contribution in [0.4, 0.5) is 5.69 Å². The topological polar surface area (TPSA) is 50.7 Å². The van der Waals surface area contributed by atoms with E-state index in [2.05, 4.69) is 5.32 Å². The van der Waals surface area contributed by atoms with E-state index >= 15 is 0 Å². The normalized spacial score (nSPS) is 11.8. The SMILES string of the molecule is COc1ccccc1NC[C@@H](O)COc1cc(Cl)ccc1Cl. The lowest BCUT2D eigenvalue weighted by Crippen LogP contribution is -2.26. The average Bonchev–Trinajstić information content (AvgIpc) is 2.54. The van der Waals surface area contributed by atoms with Gasteiger partial charge < -0.3 is 19.9 Å². The van der Waals surface area contributed by atoms with E-state index in [-0.39, 0.29) is 6.61 Å². The first kappa shape index (κ1) is 16.7. The predicted molar refractivity (Wildman–Crippen MR) is 89.4 cm³/mol. The maximum absolute atomic E-state index is 9.99. The third-order valence-electron chi connectivity index (χ3n) is 2.96. The lowest BCUT2D eigenvalue weighted by Gasteiger charge is -2.16. The Bertz CT molecular complexity index is 622. The molecule has 0 fully saturated rings. The summed E-state index contributed by atoms with van der Waals surface area (Å²) in [6.45, 7) is 0.417. The zero-order chi connectivity index (χ0) is 15.9. The second-order valence-electron chi connectivity index (χ2n) is 4.62. The summed E-state index contributed by atoms with van der Waals surface area (Å²) in [6.07, 6.45) is -0.708. The van der Waals surface area contributed by atoms with Gasteiger partial charge in [-0.05, 0) is 24.3 Å². The van der Waals surface area contributed by atoms with Crippen molar-refractivity contribution in [3.05, 3.63) is 52.5 Å². The molecule has 0 saturated heterocycles. The maximum atomic E-state index is 9.99. The molecule has 0 aliphatic carbocycles. The minimum absolute atomic E-state index is 0.0994. The van der Waals surface area contributed by atoms with Crippen LogP contribution < -0.4 is 14.8 Å². The van der Waals surface area contributed by atoms with Gasteiger partial charge >= 0.3 is 0 Å². The van der Waals surface area contributed by atoms with E-state index in [4.69, 9.17) is 32.7 Å². The number of methoxy groups -OCH3 is 1. The van der Waals surface area contributed by atoms with Crippen molar-refractivity contribution < 1.29 is 14.6 Å². The van der Waals surface area contributed by atoms with E-state index in [1.807, 2.05) is 24.3 Å². The smallest absolute Gasteiger partial charge is 0.141 e. The Morgan fingerprint density at radius 1 is 1.14 bits per heavy atom. The fraction of sp³-hybridized carbons (Fsp3) is 0.250. The molecular formula is C16H17Cl2NO3. The molecule has 0 saturated carbocycles. The highest BCUT2D eigenvalue weighted by Crippen LogP contribution is 2.28. The molecule has 22 heavy (non-hydrogen) atoms. The lowest BCUT2D eigenvalue weighted by molar-refractivity contribution is 0.117. The molecule has 0 aromatic heterocycles. The van der Waals surface area contributed by atoms with Gasteiger partial charge in [0.2, 0.25) is 0 Å². The van der Waals surface area contributed by atoms with E-state index in [9.17, 15) is 5.11 Å². The molecule has 2 aromatic rings. The molecule has 0 radical (unpaired) electrons. The number of aliphatic hydroxyl groups excluding tert-OH is 1. The van der Waals surface area contributed by atoms with Crippen LogP contribution in [0.5, 0.6) is 11.5 Å². The van der Waals surface area contributed by atoms with Gasteiger partial charge in [-0.15, -0.1) is 0 Å². The summed E-state index contributed by atoms with van der Waals surface area (Å²) in [7, 11) is 1.60. The summed E-state index contributed by atoms with van der Waals surface area (Å²) in [6, 6.07) is 12.4. The summed E-state index contributed by atoms with van der Waals surface area (Å²) in [4.78, 5) is 0. The highest BCUT2D eigenvalue weighted by atomic mass is 35.5. The largest absolute Gasteiger partial charge is 0.495 e. The number of hydrogen-bond acceptors (Lipinski definition) is 4. The molecule has 0 unspecified atom stereocenters. The number of para-hydroxylation sites is 2. The van der Waals surface area contributed by atoms with Crippen molar-refractivity contribution in [2.75, 3.05) is 25.6 Å². The van der Waals surface area contributed by atoms with E-state index in [1.54, 1.807) is 25.3 Å². The van der Waals surface area contributed by atoms with Crippen LogP contribution in [0.15, 0.2) is 42.5 Å². The molecule has 2 N–H and O–H groups in total. The standard InChI is InChI=1S/C16H17Cl2NO3/c1-21-15-5-3-2-4-14(15)19-9-12(20)10-22-16-8-11(17)6-7-13(16)18/h2-8,12,19-20H,9-10H2,1H3/t12-/m1/s1. The zero-order valence-electron chi connectivity index (χ0n) is 12.1. The average molecular weight is 342 g/mol. The van der Waals surface area contributed by atoms with Gasteiger partial charge in [-0.3, -0.25) is 0 Å². The molecule has 1 atom stereocenters. The predicted octanol–water partition coefficient (Wildman–Crippen LogP) is 3.85. The first-order valence-corrected chi connectivity index (χ1v) is 7.48. The van der Waals surface area contributed by atoms with Crippen LogP contribution in [0.1, 0.15) is 0 Å². The summed E-state index contributed by atoms with van der Waals surface area (Å²) in [5.74, 6) is 1.17. The zero-order valence-corrected chi connectivity index (χ0v) is 13.6. The van der Waals surface area contributed by atoms with Crippen LogP contribution in [0.25, 0.3) is 0 Å². The molecular weight excluding hydrogens is 325 g/mol. The van der Waals surface area contributed by atoms with E-state index < -0.39 is 6.10 Å². The maximum Gasteiger partial charge on any atom is 0.141 e. The number of aliphatic hydroxyl groups is 1. The Morgan fingerprint density at radius 2 is 1.91 bits per heavy atom. The number of ether oxygens (including phenoxy) is 2. The summed E-state index contributed by atoms with van der Waals surface area (Å²) in [5, 5.41) is 14.1. The minimum Gasteiger partial charge on any atom is -0.495 e. The number of hydrogen-bond donors (Lipinski definition) is 2. The van der Waals surface area contributed by atoms with E-state index in [0.29, 0.717) is 28.1 Å². The molecule has 6 heteroatoms. The van der Waals surface area contributed by atoms with Gasteiger partial charge in [0.05, 0.1) is 17.8 Å². The molecule has 0 spiro atoms.